The number of amides is 4. The minimum atomic E-state index is -0.797. The SMILES string of the molecule is CC(=O)NC(CCC(C)C)C(=O)N1CC(=O)C2C1CCN2C(=O)C(CC(C)C)NC(=O)c1ccc(-c2ccccc2)s1. The van der Waals surface area contributed by atoms with Gasteiger partial charge >= 0.3 is 0 Å². The lowest BCUT2D eigenvalue weighted by atomic mass is 10.0. The highest BCUT2D eigenvalue weighted by molar-refractivity contribution is 7.17. The minimum Gasteiger partial charge on any atom is -0.345 e. The van der Waals surface area contributed by atoms with E-state index in [-0.39, 0.29) is 41.9 Å². The van der Waals surface area contributed by atoms with Crippen LogP contribution in [0.3, 0.4) is 0 Å². The van der Waals surface area contributed by atoms with Crippen LogP contribution in [0.5, 0.6) is 0 Å². The summed E-state index contributed by atoms with van der Waals surface area (Å²) >= 11 is 1.37. The van der Waals surface area contributed by atoms with Crippen LogP contribution >= 0.6 is 11.3 Å². The van der Waals surface area contributed by atoms with Gasteiger partial charge in [-0.25, -0.2) is 0 Å². The number of likely N-dealkylation sites (tertiary alicyclic amines) is 2. The maximum atomic E-state index is 13.9. The van der Waals surface area contributed by atoms with Crippen molar-refractivity contribution < 1.29 is 24.0 Å². The molecule has 0 radical (unpaired) electrons. The topological polar surface area (TPSA) is 116 Å². The quantitative estimate of drug-likeness (QED) is 0.410. The molecule has 0 spiro atoms. The van der Waals surface area contributed by atoms with Crippen LogP contribution in [0.15, 0.2) is 42.5 Å². The number of carbonyl (C=O) groups is 5. The molecule has 2 aliphatic heterocycles. The van der Waals surface area contributed by atoms with Gasteiger partial charge in [-0.1, -0.05) is 58.0 Å². The lowest BCUT2D eigenvalue weighted by Crippen LogP contribution is -2.53. The molecule has 10 heteroatoms. The Morgan fingerprint density at radius 1 is 0.881 bits per heavy atom. The van der Waals surface area contributed by atoms with Crippen molar-refractivity contribution in [2.24, 2.45) is 11.8 Å². The molecule has 226 valence electrons. The molecule has 3 heterocycles. The fourth-order valence-electron chi connectivity index (χ4n) is 5.90. The Labute approximate surface area is 252 Å². The first-order chi connectivity index (χ1) is 20.0. The van der Waals surface area contributed by atoms with E-state index in [4.69, 9.17) is 0 Å². The zero-order valence-electron chi connectivity index (χ0n) is 25.1. The predicted octanol–water partition coefficient (Wildman–Crippen LogP) is 3.88. The zero-order chi connectivity index (χ0) is 30.6. The van der Waals surface area contributed by atoms with E-state index >= 15 is 0 Å². The number of nitrogens with zero attached hydrogens (tertiary/aromatic N) is 2. The number of Topliss-reactive ketones (excluding diaryl/α,β-unsaturated/α-hetero) is 1. The van der Waals surface area contributed by atoms with Crippen LogP contribution in [0.4, 0.5) is 0 Å². The van der Waals surface area contributed by atoms with E-state index < -0.39 is 24.2 Å². The molecule has 9 nitrogen and oxygen atoms in total. The van der Waals surface area contributed by atoms with Gasteiger partial charge < -0.3 is 20.4 Å². The van der Waals surface area contributed by atoms with E-state index in [9.17, 15) is 24.0 Å². The number of hydrogen-bond donors (Lipinski definition) is 2. The molecule has 1 aromatic heterocycles. The molecule has 4 amide bonds. The second kappa shape index (κ2) is 13.6. The van der Waals surface area contributed by atoms with Crippen molar-refractivity contribution in [3.05, 3.63) is 47.3 Å². The van der Waals surface area contributed by atoms with Gasteiger partial charge in [0.05, 0.1) is 17.5 Å². The average molecular weight is 595 g/mol. The third kappa shape index (κ3) is 7.27. The van der Waals surface area contributed by atoms with E-state index in [2.05, 4.69) is 24.5 Å². The van der Waals surface area contributed by atoms with E-state index in [0.717, 1.165) is 16.9 Å². The van der Waals surface area contributed by atoms with Crippen LogP contribution in [0.25, 0.3) is 10.4 Å². The number of benzene rings is 1. The smallest absolute Gasteiger partial charge is 0.262 e. The highest BCUT2D eigenvalue weighted by atomic mass is 32.1. The van der Waals surface area contributed by atoms with Crippen molar-refractivity contribution in [1.82, 2.24) is 20.4 Å². The van der Waals surface area contributed by atoms with Crippen molar-refractivity contribution in [3.8, 4) is 10.4 Å². The Morgan fingerprint density at radius 2 is 1.57 bits per heavy atom. The fourth-order valence-corrected chi connectivity index (χ4v) is 6.82. The Hall–Kier alpha value is -3.53. The number of hydrogen-bond acceptors (Lipinski definition) is 6. The first kappa shape index (κ1) is 31.4. The zero-order valence-corrected chi connectivity index (χ0v) is 25.9. The number of ketones is 1. The van der Waals surface area contributed by atoms with E-state index in [1.54, 1.807) is 15.9 Å². The van der Waals surface area contributed by atoms with Gasteiger partial charge in [0.25, 0.3) is 5.91 Å². The van der Waals surface area contributed by atoms with E-state index in [1.807, 2.05) is 50.2 Å². The molecule has 2 aliphatic rings. The lowest BCUT2D eigenvalue weighted by Gasteiger charge is -2.30. The summed E-state index contributed by atoms with van der Waals surface area (Å²) in [6.07, 6.45) is 2.13. The molecule has 42 heavy (non-hydrogen) atoms. The number of nitrogens with one attached hydrogen (secondary N) is 2. The third-order valence-corrected chi connectivity index (χ3v) is 9.03. The monoisotopic (exact) mass is 594 g/mol. The maximum Gasteiger partial charge on any atom is 0.262 e. The largest absolute Gasteiger partial charge is 0.345 e. The highest BCUT2D eigenvalue weighted by Crippen LogP contribution is 2.32. The van der Waals surface area contributed by atoms with Gasteiger partial charge in [-0.3, -0.25) is 24.0 Å². The summed E-state index contributed by atoms with van der Waals surface area (Å²) in [5.41, 5.74) is 1.02. The molecule has 1 aromatic carbocycles. The maximum absolute atomic E-state index is 13.9. The first-order valence-electron chi connectivity index (χ1n) is 14.8. The molecule has 0 aliphatic carbocycles. The summed E-state index contributed by atoms with van der Waals surface area (Å²) < 4.78 is 0. The molecule has 2 fully saturated rings. The molecule has 0 bridgehead atoms. The second-order valence-corrected chi connectivity index (χ2v) is 13.3. The number of rotatable bonds is 11. The van der Waals surface area contributed by atoms with Crippen LogP contribution in [0.2, 0.25) is 0 Å². The number of carbonyl (C=O) groups excluding carboxylic acids is 5. The summed E-state index contributed by atoms with van der Waals surface area (Å²) in [6, 6.07) is 10.8. The molecule has 0 saturated carbocycles. The molecular weight excluding hydrogens is 552 g/mol. The lowest BCUT2D eigenvalue weighted by molar-refractivity contribution is -0.138. The van der Waals surface area contributed by atoms with Crippen LogP contribution in [-0.4, -0.2) is 76.5 Å². The van der Waals surface area contributed by atoms with Gasteiger partial charge in [-0.2, -0.15) is 0 Å². The summed E-state index contributed by atoms with van der Waals surface area (Å²) in [7, 11) is 0. The molecule has 4 rings (SSSR count). The van der Waals surface area contributed by atoms with Crippen LogP contribution in [0.1, 0.15) is 70.0 Å². The normalized spacial score (nSPS) is 19.6. The van der Waals surface area contributed by atoms with Gasteiger partial charge in [-0.05, 0) is 55.2 Å². The van der Waals surface area contributed by atoms with E-state index in [1.165, 1.54) is 18.3 Å². The van der Waals surface area contributed by atoms with Gasteiger partial charge in [0.1, 0.15) is 18.1 Å². The highest BCUT2D eigenvalue weighted by Gasteiger charge is 2.53. The third-order valence-electron chi connectivity index (χ3n) is 7.90. The van der Waals surface area contributed by atoms with Gasteiger partial charge in [-0.15, -0.1) is 11.3 Å². The van der Waals surface area contributed by atoms with Crippen LogP contribution < -0.4 is 10.6 Å². The second-order valence-electron chi connectivity index (χ2n) is 12.2. The van der Waals surface area contributed by atoms with Crippen molar-refractivity contribution in [1.29, 1.82) is 0 Å². The van der Waals surface area contributed by atoms with Gasteiger partial charge in [0, 0.05) is 18.3 Å². The molecule has 2 saturated heterocycles. The van der Waals surface area contributed by atoms with E-state index in [0.29, 0.717) is 36.6 Å². The average Bonchev–Trinajstić information content (AvgIpc) is 3.67. The molecule has 4 atom stereocenters. The Bertz CT molecular complexity index is 1310. The molecule has 2 N–H and O–H groups in total. The van der Waals surface area contributed by atoms with Crippen molar-refractivity contribution >= 4 is 40.7 Å². The minimum absolute atomic E-state index is 0.0889. The first-order valence-corrected chi connectivity index (χ1v) is 15.6. The Kier molecular flexibility index (Phi) is 10.2. The van der Waals surface area contributed by atoms with Crippen molar-refractivity contribution in [3.63, 3.8) is 0 Å². The Balaban J connectivity index is 1.48. The summed E-state index contributed by atoms with van der Waals surface area (Å²) in [6.45, 7) is 9.69. The van der Waals surface area contributed by atoms with Gasteiger partial charge in [0.15, 0.2) is 5.78 Å². The number of fused-ring (bicyclic) bond motifs is 1. The van der Waals surface area contributed by atoms with Gasteiger partial charge in [0.2, 0.25) is 17.7 Å². The standard InChI is InChI=1S/C32H42N4O5S/c1-19(2)11-12-23(33-21(5)37)31(40)36-18-26(38)29-25(36)15-16-35(29)32(41)24(17-20(3)4)34-30(39)28-14-13-27(42-28)22-9-7-6-8-10-22/h6-10,13-14,19-20,23-25,29H,11-12,15-18H2,1-5H3,(H,33,37)(H,34,39). The molecule has 4 unspecified atom stereocenters. The fraction of sp³-hybridized carbons (Fsp3) is 0.531. The van der Waals surface area contributed by atoms with Crippen molar-refractivity contribution in [2.75, 3.05) is 13.1 Å². The molecular formula is C32H42N4O5S. The summed E-state index contributed by atoms with van der Waals surface area (Å²) in [4.78, 5) is 70.4. The summed E-state index contributed by atoms with van der Waals surface area (Å²) in [5.74, 6) is -0.910. The molecule has 2 aromatic rings. The summed E-state index contributed by atoms with van der Waals surface area (Å²) in [5, 5.41) is 5.70. The van der Waals surface area contributed by atoms with Crippen molar-refractivity contribution in [2.45, 2.75) is 84.5 Å². The number of thiophene rings is 1. The van der Waals surface area contributed by atoms with Crippen LogP contribution in [0, 0.1) is 11.8 Å². The van der Waals surface area contributed by atoms with Crippen LogP contribution in [-0.2, 0) is 19.2 Å². The predicted molar refractivity (Wildman–Crippen MR) is 163 cm³/mol. The Morgan fingerprint density at radius 3 is 2.21 bits per heavy atom.